The Kier molecular flexibility index (Phi) is 5.89. The maximum atomic E-state index is 12.2. The van der Waals surface area contributed by atoms with E-state index in [4.69, 9.17) is 28.3 Å². The number of rotatable bonds is 5. The Bertz CT molecular complexity index is 1430. The highest BCUT2D eigenvalue weighted by molar-refractivity contribution is 6.32. The van der Waals surface area contributed by atoms with E-state index in [0.29, 0.717) is 15.6 Å². The maximum Gasteiger partial charge on any atom is 0.362 e. The van der Waals surface area contributed by atoms with Gasteiger partial charge in [-0.1, -0.05) is 47.5 Å². The van der Waals surface area contributed by atoms with Crippen LogP contribution in [0.2, 0.25) is 10.0 Å². The number of aromatic carboxylic acids is 1. The minimum atomic E-state index is -1.56. The van der Waals surface area contributed by atoms with Crippen LogP contribution in [0.15, 0.2) is 76.6 Å². The number of carbonyl (C=O) groups is 1. The lowest BCUT2D eigenvalue weighted by molar-refractivity contribution is 0.0685. The average Bonchev–Trinajstić information content (AvgIpc) is 2.77. The Morgan fingerprint density at radius 2 is 1.66 bits per heavy atom. The van der Waals surface area contributed by atoms with Gasteiger partial charge >= 0.3 is 11.7 Å². The number of halogens is 2. The van der Waals surface area contributed by atoms with Crippen LogP contribution in [0.3, 0.4) is 0 Å². The summed E-state index contributed by atoms with van der Waals surface area (Å²) in [7, 11) is 0. The second-order valence-electron chi connectivity index (χ2n) is 6.77. The molecule has 0 saturated carbocycles. The van der Waals surface area contributed by atoms with Crippen LogP contribution in [0.5, 0.6) is 0 Å². The summed E-state index contributed by atoms with van der Waals surface area (Å²) in [6, 6.07) is 15.8. The van der Waals surface area contributed by atoms with E-state index >= 15 is 0 Å². The molecule has 0 aliphatic carbocycles. The molecule has 4 rings (SSSR count). The summed E-state index contributed by atoms with van der Waals surface area (Å²) in [5.41, 5.74) is -0.174. The summed E-state index contributed by atoms with van der Waals surface area (Å²) in [6.45, 7) is 0. The van der Waals surface area contributed by atoms with Crippen molar-refractivity contribution in [3.8, 4) is 5.69 Å². The minimum absolute atomic E-state index is 0.190. The summed E-state index contributed by atoms with van der Waals surface area (Å²) in [5, 5.41) is 13.6. The van der Waals surface area contributed by atoms with Crippen LogP contribution >= 0.6 is 23.2 Å². The lowest BCUT2D eigenvalue weighted by Crippen LogP contribution is -2.35. The van der Waals surface area contributed by atoms with E-state index in [0.717, 1.165) is 15.8 Å². The molecule has 0 bridgehead atoms. The molecule has 8 nitrogen and oxygen atoms in total. The second-order valence-corrected chi connectivity index (χ2v) is 7.58. The van der Waals surface area contributed by atoms with Gasteiger partial charge in [0.2, 0.25) is 5.69 Å². The molecular weight excluding hydrogens is 455 g/mol. The van der Waals surface area contributed by atoms with Crippen LogP contribution < -0.4 is 11.2 Å². The molecule has 1 unspecified atom stereocenters. The first-order valence-corrected chi connectivity index (χ1v) is 10.0. The number of carboxylic acid groups (broad SMARTS) is 1. The number of aromatic nitrogens is 4. The molecule has 4 aromatic rings. The Hall–Kier alpha value is -3.75. The van der Waals surface area contributed by atoms with E-state index in [9.17, 15) is 14.4 Å². The van der Waals surface area contributed by atoms with Crippen molar-refractivity contribution in [3.05, 3.63) is 120 Å². The molecule has 0 fully saturated rings. The van der Waals surface area contributed by atoms with Gasteiger partial charge in [-0.15, -0.1) is 0 Å². The highest BCUT2D eigenvalue weighted by Gasteiger charge is 2.23. The molecule has 0 aliphatic rings. The Balaban J connectivity index is 1.88. The van der Waals surface area contributed by atoms with Gasteiger partial charge in [0.15, 0.2) is 0 Å². The van der Waals surface area contributed by atoms with E-state index in [-0.39, 0.29) is 11.6 Å². The Morgan fingerprint density at radius 1 is 0.969 bits per heavy atom. The molecule has 1 atom stereocenters. The fraction of sp³-hybridized carbons (Fsp3) is 0.0455. The van der Waals surface area contributed by atoms with Gasteiger partial charge in [-0.2, -0.15) is 9.78 Å². The summed E-state index contributed by atoms with van der Waals surface area (Å²) < 4.78 is 0.775. The van der Waals surface area contributed by atoms with Gasteiger partial charge in [-0.3, -0.25) is 14.8 Å². The topological polar surface area (TPSA) is 118 Å². The number of nitrogens with one attached hydrogen (secondary N) is 1. The summed E-state index contributed by atoms with van der Waals surface area (Å²) in [5.74, 6) is -1.89. The third-order valence-corrected chi connectivity index (χ3v) is 5.50. The number of benzene rings is 2. The van der Waals surface area contributed by atoms with Gasteiger partial charge in [-0.05, 0) is 47.0 Å². The fourth-order valence-electron chi connectivity index (χ4n) is 3.39. The monoisotopic (exact) mass is 468 g/mol. The molecule has 0 spiro atoms. The SMILES string of the molecule is O=C(O)c1nn(-c2ccc(C(c3ccncc3)c3ccccc3Cl)c(Cl)c2)c(=O)[nH]c1=O. The zero-order chi connectivity index (χ0) is 22.8. The van der Waals surface area contributed by atoms with Crippen molar-refractivity contribution < 1.29 is 9.90 Å². The zero-order valence-electron chi connectivity index (χ0n) is 16.2. The van der Waals surface area contributed by atoms with E-state index in [1.54, 1.807) is 30.6 Å². The van der Waals surface area contributed by atoms with E-state index in [2.05, 4.69) is 10.1 Å². The minimum Gasteiger partial charge on any atom is -0.476 e. The molecule has 32 heavy (non-hydrogen) atoms. The van der Waals surface area contributed by atoms with E-state index in [1.807, 2.05) is 35.3 Å². The number of nitrogens with zero attached hydrogens (tertiary/aromatic N) is 3. The highest BCUT2D eigenvalue weighted by Crippen LogP contribution is 2.39. The first-order valence-electron chi connectivity index (χ1n) is 9.28. The van der Waals surface area contributed by atoms with Crippen LogP contribution in [-0.2, 0) is 0 Å². The first kappa shape index (κ1) is 21.5. The molecule has 0 saturated heterocycles. The van der Waals surface area contributed by atoms with Crippen LogP contribution in [-0.4, -0.2) is 30.8 Å². The largest absolute Gasteiger partial charge is 0.476 e. The third-order valence-electron chi connectivity index (χ3n) is 4.83. The second kappa shape index (κ2) is 8.78. The Labute approximate surface area is 190 Å². The number of H-pyrrole nitrogens is 1. The molecule has 0 amide bonds. The van der Waals surface area contributed by atoms with E-state index < -0.39 is 22.9 Å². The first-order chi connectivity index (χ1) is 15.4. The van der Waals surface area contributed by atoms with Crippen molar-refractivity contribution >= 4 is 29.2 Å². The molecule has 2 aromatic carbocycles. The van der Waals surface area contributed by atoms with Gasteiger partial charge in [0, 0.05) is 28.4 Å². The van der Waals surface area contributed by atoms with E-state index in [1.165, 1.54) is 6.07 Å². The van der Waals surface area contributed by atoms with Crippen molar-refractivity contribution in [2.45, 2.75) is 5.92 Å². The number of hydrogen-bond acceptors (Lipinski definition) is 5. The van der Waals surface area contributed by atoms with Crippen molar-refractivity contribution in [1.29, 1.82) is 0 Å². The summed E-state index contributed by atoms with van der Waals surface area (Å²) in [6.07, 6.45) is 3.33. The van der Waals surface area contributed by atoms with Crippen LogP contribution in [0, 0.1) is 0 Å². The van der Waals surface area contributed by atoms with Crippen molar-refractivity contribution in [2.24, 2.45) is 0 Å². The predicted octanol–water partition coefficient (Wildman–Crippen LogP) is 3.50. The normalized spacial score (nSPS) is 11.8. The number of carboxylic acids is 1. The molecule has 0 aliphatic heterocycles. The predicted molar refractivity (Wildman–Crippen MR) is 119 cm³/mol. The molecule has 10 heteroatoms. The molecule has 2 heterocycles. The van der Waals surface area contributed by atoms with Crippen molar-refractivity contribution in [3.63, 3.8) is 0 Å². The molecular formula is C22H14Cl2N4O4. The smallest absolute Gasteiger partial charge is 0.362 e. The number of aromatic amines is 1. The van der Waals surface area contributed by atoms with Crippen LogP contribution in [0.25, 0.3) is 5.69 Å². The fourth-order valence-corrected chi connectivity index (χ4v) is 3.92. The molecule has 160 valence electrons. The van der Waals surface area contributed by atoms with Gasteiger partial charge in [0.25, 0.3) is 5.56 Å². The molecule has 2 N–H and O–H groups in total. The lowest BCUT2D eigenvalue weighted by atomic mass is 9.85. The zero-order valence-corrected chi connectivity index (χ0v) is 17.7. The Morgan fingerprint density at radius 3 is 2.31 bits per heavy atom. The quantitative estimate of drug-likeness (QED) is 0.462. The maximum absolute atomic E-state index is 12.2. The van der Waals surface area contributed by atoms with Crippen LogP contribution in [0.4, 0.5) is 0 Å². The third kappa shape index (κ3) is 4.05. The highest BCUT2D eigenvalue weighted by atomic mass is 35.5. The summed E-state index contributed by atoms with van der Waals surface area (Å²) in [4.78, 5) is 41.1. The summed E-state index contributed by atoms with van der Waals surface area (Å²) >= 11 is 13.1. The van der Waals surface area contributed by atoms with Gasteiger partial charge in [0.05, 0.1) is 5.69 Å². The van der Waals surface area contributed by atoms with Crippen molar-refractivity contribution in [2.75, 3.05) is 0 Å². The number of pyridine rings is 1. The standard InChI is InChI=1S/C22H14Cl2N4O4/c23-16-4-2-1-3-14(16)18(12-7-9-25-10-8-12)15-6-5-13(11-17(15)24)28-22(32)26-20(29)19(27-28)21(30)31/h1-11,18H,(H,30,31)(H,26,29,32). The van der Waals surface area contributed by atoms with Crippen LogP contribution in [0.1, 0.15) is 33.1 Å². The average molecular weight is 469 g/mol. The van der Waals surface area contributed by atoms with Gasteiger partial charge in [-0.25, -0.2) is 9.59 Å². The molecule has 2 aromatic heterocycles. The van der Waals surface area contributed by atoms with Gasteiger partial charge in [0.1, 0.15) is 0 Å². The van der Waals surface area contributed by atoms with Gasteiger partial charge < -0.3 is 5.11 Å². The lowest BCUT2D eigenvalue weighted by Gasteiger charge is -2.21. The number of hydrogen-bond donors (Lipinski definition) is 2. The molecule has 0 radical (unpaired) electrons. The van der Waals surface area contributed by atoms with Crippen molar-refractivity contribution in [1.82, 2.24) is 19.7 Å².